The summed E-state index contributed by atoms with van der Waals surface area (Å²) >= 11 is 0. The summed E-state index contributed by atoms with van der Waals surface area (Å²) in [5.41, 5.74) is 1.16. The average Bonchev–Trinajstić information content (AvgIpc) is 2.67. The van der Waals surface area contributed by atoms with Crippen LogP contribution in [0.3, 0.4) is 0 Å². The predicted molar refractivity (Wildman–Crippen MR) is 101 cm³/mol. The summed E-state index contributed by atoms with van der Waals surface area (Å²) in [6, 6.07) is 8.50. The Hall–Kier alpha value is -2.82. The Bertz CT molecular complexity index is 973. The molecule has 1 N–H and O–H groups in total. The molecule has 0 aliphatic rings. The van der Waals surface area contributed by atoms with Gasteiger partial charge in [0.2, 0.25) is 0 Å². The molecule has 28 heavy (non-hydrogen) atoms. The number of aromatic nitrogens is 1. The summed E-state index contributed by atoms with van der Waals surface area (Å²) in [5.74, 6) is -1.000. The lowest BCUT2D eigenvalue weighted by Gasteiger charge is -2.14. The summed E-state index contributed by atoms with van der Waals surface area (Å²) in [6.45, 7) is 3.55. The maximum absolute atomic E-state index is 12.4. The minimum absolute atomic E-state index is 0.0163. The van der Waals surface area contributed by atoms with Crippen LogP contribution >= 0.6 is 0 Å². The SMILES string of the molecule is CCOC(=O)c1ccc(C(=O)Nc2ccc(S(=O)(=O)N(C)OC)cc2)nc1C. The standard InChI is InChI=1S/C18H21N3O6S/c1-5-27-18(23)15-10-11-16(19-12(15)2)17(22)20-13-6-8-14(9-7-13)28(24,25)21(3)26-4/h6-11H,5H2,1-4H3,(H,20,22). The van der Waals surface area contributed by atoms with E-state index in [9.17, 15) is 18.0 Å². The van der Waals surface area contributed by atoms with E-state index in [0.717, 1.165) is 4.47 Å². The Morgan fingerprint density at radius 1 is 1.14 bits per heavy atom. The molecule has 1 aromatic carbocycles. The van der Waals surface area contributed by atoms with Gasteiger partial charge in [-0.15, -0.1) is 0 Å². The first-order valence-electron chi connectivity index (χ1n) is 8.30. The number of nitrogens with one attached hydrogen (secondary N) is 1. The highest BCUT2D eigenvalue weighted by molar-refractivity contribution is 7.89. The van der Waals surface area contributed by atoms with Gasteiger partial charge in [-0.1, -0.05) is 4.47 Å². The molecule has 0 saturated carbocycles. The Balaban J connectivity index is 2.15. The van der Waals surface area contributed by atoms with Crippen LogP contribution in [0.1, 0.15) is 33.5 Å². The van der Waals surface area contributed by atoms with E-state index in [1.54, 1.807) is 13.8 Å². The van der Waals surface area contributed by atoms with Crippen molar-refractivity contribution >= 4 is 27.6 Å². The lowest BCUT2D eigenvalue weighted by atomic mass is 10.2. The van der Waals surface area contributed by atoms with E-state index in [1.807, 2.05) is 0 Å². The Labute approximate surface area is 163 Å². The van der Waals surface area contributed by atoms with Crippen molar-refractivity contribution in [2.45, 2.75) is 18.7 Å². The molecular weight excluding hydrogens is 386 g/mol. The molecule has 0 aliphatic heterocycles. The van der Waals surface area contributed by atoms with E-state index >= 15 is 0 Å². The monoisotopic (exact) mass is 407 g/mol. The molecule has 1 aromatic heterocycles. The van der Waals surface area contributed by atoms with Crippen molar-refractivity contribution in [1.29, 1.82) is 0 Å². The van der Waals surface area contributed by atoms with Gasteiger partial charge < -0.3 is 10.1 Å². The smallest absolute Gasteiger partial charge is 0.339 e. The van der Waals surface area contributed by atoms with E-state index in [-0.39, 0.29) is 22.8 Å². The number of hydrogen-bond acceptors (Lipinski definition) is 7. The largest absolute Gasteiger partial charge is 0.462 e. The molecule has 1 amide bonds. The summed E-state index contributed by atoms with van der Waals surface area (Å²) < 4.78 is 30.0. The van der Waals surface area contributed by atoms with Crippen LogP contribution in [0.2, 0.25) is 0 Å². The predicted octanol–water partition coefficient (Wildman–Crippen LogP) is 2.00. The molecule has 0 atom stereocenters. The van der Waals surface area contributed by atoms with Gasteiger partial charge in [0, 0.05) is 12.7 Å². The molecule has 150 valence electrons. The number of benzene rings is 1. The van der Waals surface area contributed by atoms with E-state index in [0.29, 0.717) is 11.4 Å². The fraction of sp³-hybridized carbons (Fsp3) is 0.278. The number of nitrogens with zero attached hydrogens (tertiary/aromatic N) is 2. The zero-order valence-corrected chi connectivity index (χ0v) is 16.7. The molecule has 0 aliphatic carbocycles. The number of hydrogen-bond donors (Lipinski definition) is 1. The van der Waals surface area contributed by atoms with E-state index in [1.165, 1.54) is 50.6 Å². The molecule has 9 nitrogen and oxygen atoms in total. The van der Waals surface area contributed by atoms with Crippen molar-refractivity contribution in [2.75, 3.05) is 26.1 Å². The van der Waals surface area contributed by atoms with Gasteiger partial charge in [0.1, 0.15) is 5.69 Å². The number of pyridine rings is 1. The number of aryl methyl sites for hydroxylation is 1. The summed E-state index contributed by atoms with van der Waals surface area (Å²) in [6.07, 6.45) is 0. The normalized spacial score (nSPS) is 11.3. The number of ether oxygens (including phenoxy) is 1. The molecule has 0 radical (unpaired) electrons. The Morgan fingerprint density at radius 3 is 2.32 bits per heavy atom. The van der Waals surface area contributed by atoms with Crippen LogP contribution in [0.25, 0.3) is 0 Å². The quantitative estimate of drug-likeness (QED) is 0.551. The van der Waals surface area contributed by atoms with Gasteiger partial charge in [0.05, 0.1) is 29.9 Å². The zero-order chi connectivity index (χ0) is 20.9. The van der Waals surface area contributed by atoms with Gasteiger partial charge in [-0.2, -0.15) is 0 Å². The highest BCUT2D eigenvalue weighted by Crippen LogP contribution is 2.18. The lowest BCUT2D eigenvalue weighted by Crippen LogP contribution is -2.25. The Morgan fingerprint density at radius 2 is 1.79 bits per heavy atom. The third-order valence-corrected chi connectivity index (χ3v) is 5.51. The van der Waals surface area contributed by atoms with Crippen LogP contribution in [0.4, 0.5) is 5.69 Å². The molecule has 0 spiro atoms. The minimum atomic E-state index is -3.77. The van der Waals surface area contributed by atoms with Crippen LogP contribution in [-0.2, 0) is 19.6 Å². The topological polar surface area (TPSA) is 115 Å². The molecule has 0 fully saturated rings. The van der Waals surface area contributed by atoms with Crippen molar-refractivity contribution in [3.8, 4) is 0 Å². The average molecular weight is 407 g/mol. The molecule has 2 aromatic rings. The van der Waals surface area contributed by atoms with Crippen molar-refractivity contribution in [1.82, 2.24) is 9.45 Å². The number of hydroxylamine groups is 1. The van der Waals surface area contributed by atoms with Crippen molar-refractivity contribution in [3.05, 3.63) is 53.3 Å². The highest BCUT2D eigenvalue weighted by atomic mass is 32.2. The summed E-state index contributed by atoms with van der Waals surface area (Å²) in [7, 11) is -1.25. The van der Waals surface area contributed by atoms with Crippen molar-refractivity contribution in [3.63, 3.8) is 0 Å². The van der Waals surface area contributed by atoms with Crippen LogP contribution in [0, 0.1) is 6.92 Å². The first-order chi connectivity index (χ1) is 13.2. The molecule has 0 unspecified atom stereocenters. The van der Waals surface area contributed by atoms with Gasteiger partial charge in [-0.25, -0.2) is 18.2 Å². The third-order valence-electron chi connectivity index (χ3n) is 3.82. The van der Waals surface area contributed by atoms with Crippen LogP contribution in [0.15, 0.2) is 41.3 Å². The molecular formula is C18H21N3O6S. The van der Waals surface area contributed by atoms with Crippen molar-refractivity contribution in [2.24, 2.45) is 0 Å². The van der Waals surface area contributed by atoms with Gasteiger partial charge in [-0.05, 0) is 50.2 Å². The second kappa shape index (κ2) is 8.91. The third kappa shape index (κ3) is 4.71. The first kappa shape index (κ1) is 21.5. The lowest BCUT2D eigenvalue weighted by molar-refractivity contribution is -0.0258. The van der Waals surface area contributed by atoms with Crippen molar-refractivity contribution < 1.29 is 27.6 Å². The maximum atomic E-state index is 12.4. The molecule has 10 heteroatoms. The van der Waals surface area contributed by atoms with E-state index < -0.39 is 21.9 Å². The van der Waals surface area contributed by atoms with Crippen LogP contribution in [-0.4, -0.2) is 50.5 Å². The van der Waals surface area contributed by atoms with E-state index in [4.69, 9.17) is 9.57 Å². The number of rotatable bonds is 7. The molecule has 2 rings (SSSR count). The number of sulfonamides is 1. The van der Waals surface area contributed by atoms with Gasteiger partial charge in [0.25, 0.3) is 15.9 Å². The minimum Gasteiger partial charge on any atom is -0.462 e. The van der Waals surface area contributed by atoms with Gasteiger partial charge in [0.15, 0.2) is 0 Å². The summed E-state index contributed by atoms with van der Waals surface area (Å²) in [5, 5.41) is 2.62. The number of amides is 1. The summed E-state index contributed by atoms with van der Waals surface area (Å²) in [4.78, 5) is 33.0. The molecule has 1 heterocycles. The number of carbonyl (C=O) groups excluding carboxylic acids is 2. The second-order valence-electron chi connectivity index (χ2n) is 5.63. The maximum Gasteiger partial charge on any atom is 0.339 e. The Kier molecular flexibility index (Phi) is 6.84. The van der Waals surface area contributed by atoms with Crippen LogP contribution in [0.5, 0.6) is 0 Å². The van der Waals surface area contributed by atoms with Crippen LogP contribution < -0.4 is 5.32 Å². The number of anilines is 1. The fourth-order valence-electron chi connectivity index (χ4n) is 2.26. The highest BCUT2D eigenvalue weighted by Gasteiger charge is 2.21. The van der Waals surface area contributed by atoms with Gasteiger partial charge >= 0.3 is 5.97 Å². The molecule has 0 saturated heterocycles. The van der Waals surface area contributed by atoms with E-state index in [2.05, 4.69) is 10.3 Å². The number of esters is 1. The fourth-order valence-corrected chi connectivity index (χ4v) is 3.24. The number of carbonyl (C=O) groups is 2. The first-order valence-corrected chi connectivity index (χ1v) is 9.74. The molecule has 0 bridgehead atoms. The second-order valence-corrected chi connectivity index (χ2v) is 7.56. The zero-order valence-electron chi connectivity index (χ0n) is 15.9. The van der Waals surface area contributed by atoms with Gasteiger partial charge in [-0.3, -0.25) is 9.63 Å².